The molecule has 0 radical (unpaired) electrons. The molecule has 0 bridgehead atoms. The summed E-state index contributed by atoms with van der Waals surface area (Å²) in [5.41, 5.74) is -0.183. The molecule has 106 valence electrons. The topological polar surface area (TPSA) is 61.4 Å². The van der Waals surface area contributed by atoms with E-state index in [1.807, 2.05) is 0 Å². The second-order valence-electron chi connectivity index (χ2n) is 5.64. The third kappa shape index (κ3) is 2.71. The van der Waals surface area contributed by atoms with Crippen molar-refractivity contribution in [1.82, 2.24) is 14.3 Å². The molecule has 2 rings (SSSR count). The number of unbranched alkanes of at least 4 members (excludes halogenated alkanes) is 2. The summed E-state index contributed by atoms with van der Waals surface area (Å²) in [7, 11) is -3.24. The zero-order valence-corrected chi connectivity index (χ0v) is 12.2. The second kappa shape index (κ2) is 5.45. The quantitative estimate of drug-likeness (QED) is 0.747. The number of nitrogens with one attached hydrogen (secondary N) is 2. The summed E-state index contributed by atoms with van der Waals surface area (Å²) in [5, 5.41) is 3.40. The van der Waals surface area contributed by atoms with E-state index in [9.17, 15) is 8.42 Å². The van der Waals surface area contributed by atoms with Gasteiger partial charge in [0.15, 0.2) is 0 Å². The van der Waals surface area contributed by atoms with Crippen LogP contribution in [-0.2, 0) is 10.2 Å². The van der Waals surface area contributed by atoms with Gasteiger partial charge in [0.2, 0.25) is 0 Å². The summed E-state index contributed by atoms with van der Waals surface area (Å²) >= 11 is 0. The minimum atomic E-state index is -3.24. The zero-order valence-electron chi connectivity index (χ0n) is 11.4. The van der Waals surface area contributed by atoms with Crippen LogP contribution in [0.4, 0.5) is 0 Å². The summed E-state index contributed by atoms with van der Waals surface area (Å²) in [5.74, 6) is 0. The summed E-state index contributed by atoms with van der Waals surface area (Å²) in [4.78, 5) is 0. The van der Waals surface area contributed by atoms with Crippen LogP contribution in [0.25, 0.3) is 0 Å². The second-order valence-corrected chi connectivity index (χ2v) is 7.32. The normalized spacial score (nSPS) is 36.2. The molecule has 2 saturated heterocycles. The van der Waals surface area contributed by atoms with Crippen molar-refractivity contribution in [1.29, 1.82) is 0 Å². The van der Waals surface area contributed by atoms with Crippen molar-refractivity contribution in [3.8, 4) is 0 Å². The summed E-state index contributed by atoms with van der Waals surface area (Å²) < 4.78 is 28.7. The number of nitrogens with zero attached hydrogens (tertiary/aromatic N) is 1. The predicted octanol–water partition coefficient (Wildman–Crippen LogP) is 0.837. The minimum absolute atomic E-state index is 0.183. The van der Waals surface area contributed by atoms with Gasteiger partial charge in [-0.15, -0.1) is 0 Å². The first-order valence-corrected chi connectivity index (χ1v) is 8.45. The molecule has 0 aromatic heterocycles. The smallest absolute Gasteiger partial charge is 0.280 e. The molecule has 6 heteroatoms. The van der Waals surface area contributed by atoms with Gasteiger partial charge in [0.25, 0.3) is 10.2 Å². The minimum Gasteiger partial charge on any atom is -0.314 e. The molecule has 1 spiro atoms. The van der Waals surface area contributed by atoms with Gasteiger partial charge in [-0.05, 0) is 32.7 Å². The molecular weight excluding hydrogens is 250 g/mol. The van der Waals surface area contributed by atoms with Crippen molar-refractivity contribution in [2.45, 2.75) is 57.5 Å². The molecule has 0 aliphatic carbocycles. The van der Waals surface area contributed by atoms with Gasteiger partial charge in [-0.2, -0.15) is 12.7 Å². The van der Waals surface area contributed by atoms with E-state index in [1.54, 1.807) is 4.31 Å². The predicted molar refractivity (Wildman–Crippen MR) is 72.6 cm³/mol. The van der Waals surface area contributed by atoms with E-state index >= 15 is 0 Å². The first kappa shape index (κ1) is 14.2. The molecule has 2 aliphatic rings. The fraction of sp³-hybridized carbons (Fsp3) is 1.00. The third-order valence-corrected chi connectivity index (χ3v) is 5.80. The van der Waals surface area contributed by atoms with E-state index in [4.69, 9.17) is 0 Å². The Labute approximate surface area is 110 Å². The van der Waals surface area contributed by atoms with Gasteiger partial charge in [0, 0.05) is 19.1 Å². The van der Waals surface area contributed by atoms with Crippen LogP contribution in [-0.4, -0.2) is 43.9 Å². The Balaban J connectivity index is 2.13. The van der Waals surface area contributed by atoms with Gasteiger partial charge < -0.3 is 5.32 Å². The average molecular weight is 275 g/mol. The van der Waals surface area contributed by atoms with Crippen LogP contribution in [0.3, 0.4) is 0 Å². The lowest BCUT2D eigenvalue weighted by atomic mass is 9.84. The van der Waals surface area contributed by atoms with Gasteiger partial charge in [-0.25, -0.2) is 4.72 Å². The first-order chi connectivity index (χ1) is 8.50. The maximum atomic E-state index is 12.1. The maximum Gasteiger partial charge on any atom is 0.280 e. The highest BCUT2D eigenvalue weighted by atomic mass is 32.2. The molecule has 0 amide bonds. The SMILES string of the molecule is CCCCCN1[C@@]2(CCN[C@@H](C)C2)CNS1(=O)=O. The Morgan fingerprint density at radius 3 is 2.83 bits per heavy atom. The highest BCUT2D eigenvalue weighted by molar-refractivity contribution is 7.87. The van der Waals surface area contributed by atoms with E-state index in [-0.39, 0.29) is 5.54 Å². The molecule has 2 N–H and O–H groups in total. The van der Waals surface area contributed by atoms with Crippen molar-refractivity contribution in [2.24, 2.45) is 0 Å². The van der Waals surface area contributed by atoms with Crippen molar-refractivity contribution in [3.63, 3.8) is 0 Å². The Hall–Kier alpha value is -0.170. The lowest BCUT2D eigenvalue weighted by Gasteiger charge is -2.41. The third-order valence-electron chi connectivity index (χ3n) is 4.14. The number of hydrogen-bond donors (Lipinski definition) is 2. The first-order valence-electron chi connectivity index (χ1n) is 7.01. The molecule has 5 nitrogen and oxygen atoms in total. The average Bonchev–Trinajstić information content (AvgIpc) is 2.54. The molecule has 2 heterocycles. The van der Waals surface area contributed by atoms with Crippen LogP contribution in [0.1, 0.15) is 46.0 Å². The largest absolute Gasteiger partial charge is 0.314 e. The van der Waals surface area contributed by atoms with Gasteiger partial charge >= 0.3 is 0 Å². The molecule has 0 saturated carbocycles. The van der Waals surface area contributed by atoms with Gasteiger partial charge in [0.05, 0.1) is 5.54 Å². The van der Waals surface area contributed by atoms with E-state index in [0.717, 1.165) is 38.6 Å². The van der Waals surface area contributed by atoms with E-state index in [2.05, 4.69) is 23.9 Å². The van der Waals surface area contributed by atoms with Gasteiger partial charge in [-0.3, -0.25) is 0 Å². The highest BCUT2D eigenvalue weighted by Gasteiger charge is 2.50. The van der Waals surface area contributed by atoms with E-state index < -0.39 is 10.2 Å². The van der Waals surface area contributed by atoms with Gasteiger partial charge in [0.1, 0.15) is 0 Å². The standard InChI is InChI=1S/C12H25N3O2S/c1-3-4-5-8-15-12(10-14-18(15,16)17)6-7-13-11(2)9-12/h11,13-14H,3-10H2,1-2H3/t11-,12+/m0/s1. The fourth-order valence-corrected chi connectivity index (χ4v) is 4.91. The van der Waals surface area contributed by atoms with Crippen molar-refractivity contribution in [2.75, 3.05) is 19.6 Å². The van der Waals surface area contributed by atoms with Crippen LogP contribution >= 0.6 is 0 Å². The fourth-order valence-electron chi connectivity index (χ4n) is 3.19. The molecular formula is C12H25N3O2S. The molecule has 2 aliphatic heterocycles. The summed E-state index contributed by atoms with van der Waals surface area (Å²) in [6.07, 6.45) is 4.99. The van der Waals surface area contributed by atoms with Crippen molar-refractivity contribution in [3.05, 3.63) is 0 Å². The van der Waals surface area contributed by atoms with Crippen molar-refractivity contribution < 1.29 is 8.42 Å². The molecule has 2 atom stereocenters. The lowest BCUT2D eigenvalue weighted by molar-refractivity contribution is 0.140. The molecule has 0 unspecified atom stereocenters. The van der Waals surface area contributed by atoms with Crippen LogP contribution in [0.5, 0.6) is 0 Å². The van der Waals surface area contributed by atoms with Crippen LogP contribution in [0.2, 0.25) is 0 Å². The Kier molecular flexibility index (Phi) is 4.31. The maximum absolute atomic E-state index is 12.1. The molecule has 0 aromatic carbocycles. The van der Waals surface area contributed by atoms with E-state index in [0.29, 0.717) is 19.1 Å². The molecule has 0 aromatic rings. The summed E-state index contributed by atoms with van der Waals surface area (Å²) in [6, 6.07) is 0.391. The Morgan fingerprint density at radius 1 is 1.39 bits per heavy atom. The van der Waals surface area contributed by atoms with Crippen LogP contribution < -0.4 is 10.0 Å². The molecule has 2 fully saturated rings. The van der Waals surface area contributed by atoms with E-state index in [1.165, 1.54) is 0 Å². The zero-order chi connectivity index (χ0) is 13.2. The van der Waals surface area contributed by atoms with Crippen molar-refractivity contribution >= 4 is 10.2 Å². The Morgan fingerprint density at radius 2 is 2.17 bits per heavy atom. The number of piperidine rings is 1. The highest BCUT2D eigenvalue weighted by Crippen LogP contribution is 2.34. The monoisotopic (exact) mass is 275 g/mol. The number of hydrogen-bond acceptors (Lipinski definition) is 3. The Bertz CT molecular complexity index is 385. The number of rotatable bonds is 4. The lowest BCUT2D eigenvalue weighted by Crippen LogP contribution is -2.56. The van der Waals surface area contributed by atoms with Crippen LogP contribution in [0.15, 0.2) is 0 Å². The van der Waals surface area contributed by atoms with Gasteiger partial charge in [-0.1, -0.05) is 19.8 Å². The molecule has 18 heavy (non-hydrogen) atoms. The van der Waals surface area contributed by atoms with Crippen LogP contribution in [0, 0.1) is 0 Å². The summed E-state index contributed by atoms with van der Waals surface area (Å²) in [6.45, 7) is 6.42.